The maximum Gasteiger partial charge on any atom is 0.153 e. The summed E-state index contributed by atoms with van der Waals surface area (Å²) < 4.78 is 13.7. The smallest absolute Gasteiger partial charge is 0.153 e. The van der Waals surface area contributed by atoms with Crippen molar-refractivity contribution >= 4 is 0 Å². The van der Waals surface area contributed by atoms with Gasteiger partial charge in [0, 0.05) is 18.0 Å². The number of benzene rings is 1. The van der Waals surface area contributed by atoms with Crippen LogP contribution in [-0.2, 0) is 0 Å². The van der Waals surface area contributed by atoms with Crippen molar-refractivity contribution in [2.45, 2.75) is 31.8 Å². The molecular formula is C16H21FN4O. The third-order valence-corrected chi connectivity index (χ3v) is 4.26. The number of rotatable bonds is 4. The van der Waals surface area contributed by atoms with Gasteiger partial charge in [-0.2, -0.15) is 5.10 Å². The molecule has 1 fully saturated rings. The summed E-state index contributed by atoms with van der Waals surface area (Å²) in [6, 6.07) is 6.41. The highest BCUT2D eigenvalue weighted by Gasteiger charge is 2.25. The fourth-order valence-corrected chi connectivity index (χ4v) is 3.00. The van der Waals surface area contributed by atoms with Crippen LogP contribution < -0.4 is 0 Å². The maximum absolute atomic E-state index is 13.7. The Kier molecular flexibility index (Phi) is 4.49. The second-order valence-electron chi connectivity index (χ2n) is 5.89. The average Bonchev–Trinajstić information content (AvgIpc) is 2.95. The van der Waals surface area contributed by atoms with Gasteiger partial charge in [0.25, 0.3) is 0 Å². The fraction of sp³-hybridized carbons (Fsp3) is 0.500. The highest BCUT2D eigenvalue weighted by Crippen LogP contribution is 2.27. The minimum atomic E-state index is -0.788. The Bertz CT molecular complexity index is 622. The van der Waals surface area contributed by atoms with E-state index in [9.17, 15) is 9.50 Å². The molecule has 1 unspecified atom stereocenters. The topological polar surface area (TPSA) is 65.0 Å². The molecule has 2 heterocycles. The van der Waals surface area contributed by atoms with Crippen molar-refractivity contribution in [2.24, 2.45) is 0 Å². The Morgan fingerprint density at radius 3 is 2.73 bits per heavy atom. The van der Waals surface area contributed by atoms with Gasteiger partial charge in [-0.15, -0.1) is 0 Å². The van der Waals surface area contributed by atoms with E-state index in [0.717, 1.165) is 37.6 Å². The van der Waals surface area contributed by atoms with Crippen LogP contribution in [0.5, 0.6) is 0 Å². The Labute approximate surface area is 129 Å². The van der Waals surface area contributed by atoms with Crippen molar-refractivity contribution in [3.63, 3.8) is 0 Å². The maximum atomic E-state index is 13.7. The lowest BCUT2D eigenvalue weighted by Gasteiger charge is -2.32. The number of β-amino-alcohol motifs (C(OH)–C–C–N with tert-alkyl or cyclic N) is 1. The lowest BCUT2D eigenvalue weighted by atomic mass is 9.95. The van der Waals surface area contributed by atoms with Crippen molar-refractivity contribution in [1.82, 2.24) is 20.1 Å². The van der Waals surface area contributed by atoms with E-state index < -0.39 is 6.10 Å². The van der Waals surface area contributed by atoms with Crippen LogP contribution in [0.3, 0.4) is 0 Å². The standard InChI is InChI=1S/C16H21FN4O/c1-11-18-16(20-19-11)12-6-8-21(9-7-12)10-15(22)13-4-2-3-5-14(13)17/h2-5,12,15,22H,6-10H2,1H3,(H,18,19,20). The summed E-state index contributed by atoms with van der Waals surface area (Å²) in [6.07, 6.45) is 1.13. The normalized spacial score (nSPS) is 18.5. The van der Waals surface area contributed by atoms with Crippen LogP contribution in [0.1, 0.15) is 42.1 Å². The number of halogens is 1. The number of aliphatic hydroxyl groups excluding tert-OH is 1. The molecule has 1 atom stereocenters. The molecule has 3 rings (SSSR count). The first-order valence-corrected chi connectivity index (χ1v) is 7.67. The number of aliphatic hydroxyl groups is 1. The number of hydrogen-bond acceptors (Lipinski definition) is 4. The molecule has 1 aromatic heterocycles. The summed E-state index contributed by atoms with van der Waals surface area (Å²) in [5.74, 6) is 1.74. The monoisotopic (exact) mass is 304 g/mol. The Morgan fingerprint density at radius 1 is 1.36 bits per heavy atom. The lowest BCUT2D eigenvalue weighted by molar-refractivity contribution is 0.0941. The van der Waals surface area contributed by atoms with Crippen molar-refractivity contribution < 1.29 is 9.50 Å². The molecule has 5 nitrogen and oxygen atoms in total. The molecule has 1 aliphatic rings. The number of aromatic nitrogens is 3. The molecule has 0 bridgehead atoms. The summed E-state index contributed by atoms with van der Waals surface area (Å²) in [5.41, 5.74) is 0.370. The van der Waals surface area contributed by atoms with Crippen molar-refractivity contribution in [3.05, 3.63) is 47.3 Å². The van der Waals surface area contributed by atoms with Crippen LogP contribution in [0.2, 0.25) is 0 Å². The molecule has 2 N–H and O–H groups in total. The van der Waals surface area contributed by atoms with Crippen molar-refractivity contribution in [2.75, 3.05) is 19.6 Å². The zero-order valence-electron chi connectivity index (χ0n) is 12.7. The molecule has 118 valence electrons. The molecule has 0 spiro atoms. The molecule has 0 amide bonds. The van der Waals surface area contributed by atoms with Gasteiger partial charge < -0.3 is 10.0 Å². The van der Waals surface area contributed by atoms with E-state index >= 15 is 0 Å². The van der Waals surface area contributed by atoms with E-state index in [1.807, 2.05) is 6.92 Å². The quantitative estimate of drug-likeness (QED) is 0.908. The molecular weight excluding hydrogens is 283 g/mol. The second kappa shape index (κ2) is 6.54. The van der Waals surface area contributed by atoms with Crippen LogP contribution in [0.25, 0.3) is 0 Å². The van der Waals surface area contributed by atoms with E-state index in [4.69, 9.17) is 0 Å². The molecule has 1 aromatic carbocycles. The third kappa shape index (κ3) is 3.34. The Hall–Kier alpha value is -1.79. The number of H-pyrrole nitrogens is 1. The van der Waals surface area contributed by atoms with Crippen molar-refractivity contribution in [1.29, 1.82) is 0 Å². The summed E-state index contributed by atoms with van der Waals surface area (Å²) in [5, 5.41) is 17.3. The molecule has 2 aromatic rings. The highest BCUT2D eigenvalue weighted by molar-refractivity contribution is 5.20. The van der Waals surface area contributed by atoms with Gasteiger partial charge in [-0.1, -0.05) is 18.2 Å². The van der Waals surface area contributed by atoms with E-state index in [2.05, 4.69) is 20.1 Å². The number of nitrogens with zero attached hydrogens (tertiary/aromatic N) is 3. The van der Waals surface area contributed by atoms with Gasteiger partial charge in [0.2, 0.25) is 0 Å². The van der Waals surface area contributed by atoms with E-state index in [1.165, 1.54) is 6.07 Å². The number of piperidine rings is 1. The van der Waals surface area contributed by atoms with Gasteiger partial charge in [-0.25, -0.2) is 9.37 Å². The molecule has 6 heteroatoms. The van der Waals surface area contributed by atoms with Crippen LogP contribution >= 0.6 is 0 Å². The predicted molar refractivity (Wildman–Crippen MR) is 80.9 cm³/mol. The van der Waals surface area contributed by atoms with Gasteiger partial charge in [0.15, 0.2) is 5.82 Å². The number of aromatic amines is 1. The fourth-order valence-electron chi connectivity index (χ4n) is 3.00. The van der Waals surface area contributed by atoms with Gasteiger partial charge in [-0.05, 0) is 38.9 Å². The number of likely N-dealkylation sites (tertiary alicyclic amines) is 1. The third-order valence-electron chi connectivity index (χ3n) is 4.26. The van der Waals surface area contributed by atoms with Crippen LogP contribution in [0.15, 0.2) is 24.3 Å². The second-order valence-corrected chi connectivity index (χ2v) is 5.89. The molecule has 1 saturated heterocycles. The zero-order chi connectivity index (χ0) is 15.5. The molecule has 22 heavy (non-hydrogen) atoms. The molecule has 0 radical (unpaired) electrons. The first kappa shape index (κ1) is 15.1. The number of hydrogen-bond donors (Lipinski definition) is 2. The predicted octanol–water partition coefficient (Wildman–Crippen LogP) is 2.17. The van der Waals surface area contributed by atoms with Crippen LogP contribution in [0.4, 0.5) is 4.39 Å². The van der Waals surface area contributed by atoms with Crippen molar-refractivity contribution in [3.8, 4) is 0 Å². The SMILES string of the molecule is Cc1nc(C2CCN(CC(O)c3ccccc3F)CC2)n[nH]1. The van der Waals surface area contributed by atoms with Crippen LogP contribution in [0, 0.1) is 12.7 Å². The summed E-state index contributed by atoms with van der Waals surface area (Å²) in [7, 11) is 0. The van der Waals surface area contributed by atoms with E-state index in [-0.39, 0.29) is 5.82 Å². The molecule has 1 aliphatic heterocycles. The number of aryl methyl sites for hydroxylation is 1. The summed E-state index contributed by atoms with van der Waals surface area (Å²) in [6.45, 7) is 4.09. The van der Waals surface area contributed by atoms with E-state index in [0.29, 0.717) is 18.0 Å². The molecule has 0 aliphatic carbocycles. The minimum Gasteiger partial charge on any atom is -0.387 e. The largest absolute Gasteiger partial charge is 0.387 e. The van der Waals surface area contributed by atoms with Gasteiger partial charge >= 0.3 is 0 Å². The van der Waals surface area contributed by atoms with Gasteiger partial charge in [-0.3, -0.25) is 5.10 Å². The Balaban J connectivity index is 1.55. The Morgan fingerprint density at radius 2 is 2.09 bits per heavy atom. The first-order chi connectivity index (χ1) is 10.6. The van der Waals surface area contributed by atoms with E-state index in [1.54, 1.807) is 18.2 Å². The highest BCUT2D eigenvalue weighted by atomic mass is 19.1. The average molecular weight is 304 g/mol. The summed E-state index contributed by atoms with van der Waals surface area (Å²) >= 11 is 0. The number of nitrogens with one attached hydrogen (secondary N) is 1. The molecule has 0 saturated carbocycles. The first-order valence-electron chi connectivity index (χ1n) is 7.67. The lowest BCUT2D eigenvalue weighted by Crippen LogP contribution is -2.36. The zero-order valence-corrected chi connectivity index (χ0v) is 12.7. The van der Waals surface area contributed by atoms with Crippen LogP contribution in [-0.4, -0.2) is 44.8 Å². The summed E-state index contributed by atoms with van der Waals surface area (Å²) in [4.78, 5) is 6.57. The minimum absolute atomic E-state index is 0.346. The van der Waals surface area contributed by atoms with Gasteiger partial charge in [0.1, 0.15) is 11.6 Å². The van der Waals surface area contributed by atoms with Gasteiger partial charge in [0.05, 0.1) is 6.10 Å².